The number of halogens is 2. The van der Waals surface area contributed by atoms with E-state index < -0.39 is 0 Å². The van der Waals surface area contributed by atoms with Crippen LogP contribution < -0.4 is 37.9 Å². The van der Waals surface area contributed by atoms with E-state index in [0.717, 1.165) is 44.8 Å². The van der Waals surface area contributed by atoms with E-state index in [0.29, 0.717) is 79.1 Å². The van der Waals surface area contributed by atoms with Gasteiger partial charge in [-0.15, -0.1) is 0 Å². The Morgan fingerprint density at radius 1 is 0.328 bits per heavy atom. The summed E-state index contributed by atoms with van der Waals surface area (Å²) < 4.78 is 44.8. The molecule has 8 rings (SSSR count). The summed E-state index contributed by atoms with van der Waals surface area (Å²) in [6.07, 6.45) is 0. The quantitative estimate of drug-likeness (QED) is 0.109. The summed E-state index contributed by atoms with van der Waals surface area (Å²) in [7, 11) is 12.9. The third-order valence-electron chi connectivity index (χ3n) is 10.3. The molecule has 328 valence electrons. The number of hydrogen-bond acceptors (Lipinski definition) is 10. The second-order valence-electron chi connectivity index (χ2n) is 13.7. The van der Waals surface area contributed by atoms with Gasteiger partial charge in [0.2, 0.25) is 0 Å². The van der Waals surface area contributed by atoms with Gasteiger partial charge in [-0.3, -0.25) is 0 Å². The van der Waals surface area contributed by atoms with Crippen LogP contribution in [0, 0.1) is 0 Å². The topological polar surface area (TPSA) is 131 Å². The highest BCUT2D eigenvalue weighted by molar-refractivity contribution is 6.33. The van der Waals surface area contributed by atoms with Gasteiger partial charge in [0.05, 0.1) is 78.3 Å². The minimum absolute atomic E-state index is 0.579. The van der Waals surface area contributed by atoms with E-state index in [2.05, 4.69) is 9.97 Å². The molecule has 0 bridgehead atoms. The van der Waals surface area contributed by atoms with E-state index in [-0.39, 0.29) is 0 Å². The van der Waals surface area contributed by atoms with Crippen molar-refractivity contribution in [2.24, 2.45) is 0 Å². The number of rotatable bonds is 14. The van der Waals surface area contributed by atoms with Crippen LogP contribution >= 0.6 is 23.2 Å². The molecule has 0 saturated heterocycles. The first-order chi connectivity index (χ1) is 31.2. The van der Waals surface area contributed by atoms with Gasteiger partial charge in [-0.25, -0.2) is 9.97 Å². The molecule has 2 heterocycles. The van der Waals surface area contributed by atoms with Crippen LogP contribution in [-0.4, -0.2) is 76.8 Å². The summed E-state index contributed by atoms with van der Waals surface area (Å²) in [4.78, 5) is 16.7. The van der Waals surface area contributed by atoms with Crippen LogP contribution in [0.2, 0.25) is 10.0 Å². The Bertz CT molecular complexity index is 2550. The maximum atomic E-state index is 6.48. The van der Waals surface area contributed by atoms with Crippen LogP contribution in [0.25, 0.3) is 67.8 Å². The highest BCUT2D eigenvalue weighted by Gasteiger charge is 2.26. The predicted molar refractivity (Wildman–Crippen MR) is 252 cm³/mol. The van der Waals surface area contributed by atoms with Crippen LogP contribution in [0.1, 0.15) is 0 Å². The highest BCUT2D eigenvalue weighted by atomic mass is 35.5. The van der Waals surface area contributed by atoms with Gasteiger partial charge in [0.1, 0.15) is 23.0 Å². The number of nitrogens with one attached hydrogen (secondary N) is 2. The summed E-state index contributed by atoms with van der Waals surface area (Å²) >= 11 is 13.0. The number of aromatic amines is 2. The van der Waals surface area contributed by atoms with E-state index in [4.69, 9.17) is 71.1 Å². The molecule has 0 aliphatic carbocycles. The number of hydrogen-bond donors (Lipinski definition) is 2. The van der Waals surface area contributed by atoms with Crippen molar-refractivity contribution >= 4 is 23.2 Å². The molecule has 0 spiro atoms. The molecule has 0 radical (unpaired) electrons. The third kappa shape index (κ3) is 8.70. The minimum Gasteiger partial charge on any atom is -0.493 e. The second-order valence-corrected chi connectivity index (χ2v) is 14.6. The molecular weight excluding hydrogens is 855 g/mol. The SMILES string of the molecule is COc1cccc(-c2nc(-c3ccccc3Cl)[nH]c2-c2cccc(OC)c2OC)c1OC.COc1cccc(-c2nc(-c3ccccc3Cl)[nH]c2-c2cccc(OC)c2OC)c1OC. The van der Waals surface area contributed by atoms with Gasteiger partial charge in [-0.05, 0) is 72.8 Å². The lowest BCUT2D eigenvalue weighted by Gasteiger charge is -2.14. The van der Waals surface area contributed by atoms with Crippen molar-refractivity contribution in [3.63, 3.8) is 0 Å². The van der Waals surface area contributed by atoms with Crippen LogP contribution in [0.4, 0.5) is 0 Å². The molecular formula is C50H46Cl2N4O8. The number of imidazole rings is 2. The smallest absolute Gasteiger partial charge is 0.170 e. The number of nitrogens with zero attached hydrogens (tertiary/aromatic N) is 2. The fourth-order valence-corrected chi connectivity index (χ4v) is 7.85. The molecule has 0 fully saturated rings. The maximum Gasteiger partial charge on any atom is 0.170 e. The zero-order chi connectivity index (χ0) is 45.3. The normalized spacial score (nSPS) is 10.7. The fraction of sp³-hybridized carbons (Fsp3) is 0.160. The first-order valence-electron chi connectivity index (χ1n) is 19.8. The molecule has 0 aliphatic heterocycles. The van der Waals surface area contributed by atoms with E-state index in [1.165, 1.54) is 0 Å². The summed E-state index contributed by atoms with van der Waals surface area (Å²) in [5, 5.41) is 1.18. The zero-order valence-electron chi connectivity index (χ0n) is 36.5. The molecule has 6 aromatic carbocycles. The Kier molecular flexibility index (Phi) is 14.2. The third-order valence-corrected chi connectivity index (χ3v) is 11.0. The van der Waals surface area contributed by atoms with Gasteiger partial charge in [-0.2, -0.15) is 0 Å². The lowest BCUT2D eigenvalue weighted by Crippen LogP contribution is -1.96. The molecule has 8 aromatic rings. The lowest BCUT2D eigenvalue weighted by atomic mass is 10.0. The molecule has 2 N–H and O–H groups in total. The van der Waals surface area contributed by atoms with Gasteiger partial charge >= 0.3 is 0 Å². The first kappa shape index (κ1) is 44.8. The molecule has 0 unspecified atom stereocenters. The van der Waals surface area contributed by atoms with E-state index in [9.17, 15) is 0 Å². The van der Waals surface area contributed by atoms with Crippen molar-refractivity contribution in [2.75, 3.05) is 56.9 Å². The van der Waals surface area contributed by atoms with Gasteiger partial charge in [-0.1, -0.05) is 71.7 Å². The van der Waals surface area contributed by atoms with Crippen LogP contribution in [0.3, 0.4) is 0 Å². The number of ether oxygens (including phenoxy) is 8. The largest absolute Gasteiger partial charge is 0.493 e. The van der Waals surface area contributed by atoms with Crippen LogP contribution in [-0.2, 0) is 0 Å². The van der Waals surface area contributed by atoms with E-state index in [1.54, 1.807) is 56.9 Å². The molecule has 14 heteroatoms. The Balaban J connectivity index is 0.000000191. The number of aromatic nitrogens is 4. The average molecular weight is 902 g/mol. The van der Waals surface area contributed by atoms with Gasteiger partial charge in [0.15, 0.2) is 46.0 Å². The summed E-state index contributed by atoms with van der Waals surface area (Å²) in [5.74, 6) is 6.02. The predicted octanol–water partition coefficient (Wildman–Crippen LogP) is 12.2. The number of benzene rings is 6. The minimum atomic E-state index is 0.579. The van der Waals surface area contributed by atoms with Crippen molar-refractivity contribution in [3.05, 3.63) is 131 Å². The molecule has 2 aromatic heterocycles. The number of methoxy groups -OCH3 is 8. The average Bonchev–Trinajstić information content (AvgIpc) is 3.99. The van der Waals surface area contributed by atoms with Crippen LogP contribution in [0.5, 0.6) is 46.0 Å². The fourth-order valence-electron chi connectivity index (χ4n) is 7.40. The monoisotopic (exact) mass is 900 g/mol. The second kappa shape index (κ2) is 20.3. The Hall–Kier alpha value is -7.28. The molecule has 12 nitrogen and oxygen atoms in total. The maximum absolute atomic E-state index is 6.48. The number of H-pyrrole nitrogens is 2. The Morgan fingerprint density at radius 3 is 0.906 bits per heavy atom. The Morgan fingerprint density at radius 2 is 0.609 bits per heavy atom. The highest BCUT2D eigenvalue weighted by Crippen LogP contribution is 2.48. The van der Waals surface area contributed by atoms with Crippen molar-refractivity contribution in [2.45, 2.75) is 0 Å². The summed E-state index contributed by atoms with van der Waals surface area (Å²) in [6, 6.07) is 37.8. The molecule has 0 aliphatic rings. The molecule has 0 saturated carbocycles. The standard InChI is InChI=1S/2C25H23ClN2O4/c2*1-29-19-13-7-10-16(23(19)31-3)21-22(17-11-8-14-20(30-2)24(17)32-4)28-25(27-21)15-9-5-6-12-18(15)26/h2*5-14H,1-4H3,(H,27,28). The van der Waals surface area contributed by atoms with Crippen molar-refractivity contribution < 1.29 is 37.9 Å². The number of para-hydroxylation sites is 4. The zero-order valence-corrected chi connectivity index (χ0v) is 38.0. The van der Waals surface area contributed by atoms with E-state index in [1.807, 2.05) is 121 Å². The van der Waals surface area contributed by atoms with Crippen molar-refractivity contribution in [3.8, 4) is 114 Å². The van der Waals surface area contributed by atoms with Crippen molar-refractivity contribution in [1.82, 2.24) is 19.9 Å². The molecule has 64 heavy (non-hydrogen) atoms. The van der Waals surface area contributed by atoms with Gasteiger partial charge < -0.3 is 47.9 Å². The van der Waals surface area contributed by atoms with Crippen LogP contribution in [0.15, 0.2) is 121 Å². The Labute approximate surface area is 381 Å². The van der Waals surface area contributed by atoms with Gasteiger partial charge in [0, 0.05) is 33.4 Å². The lowest BCUT2D eigenvalue weighted by molar-refractivity contribution is 0.355. The van der Waals surface area contributed by atoms with E-state index >= 15 is 0 Å². The van der Waals surface area contributed by atoms with Crippen molar-refractivity contribution in [1.29, 1.82) is 0 Å². The first-order valence-corrected chi connectivity index (χ1v) is 20.6. The molecule has 0 atom stereocenters. The molecule has 0 amide bonds. The summed E-state index contributed by atoms with van der Waals surface area (Å²) in [6.45, 7) is 0. The van der Waals surface area contributed by atoms with Gasteiger partial charge in [0.25, 0.3) is 0 Å². The summed E-state index contributed by atoms with van der Waals surface area (Å²) in [5.41, 5.74) is 7.49.